The van der Waals surface area contributed by atoms with Crippen molar-refractivity contribution in [3.8, 4) is 0 Å². The van der Waals surface area contributed by atoms with Gasteiger partial charge in [-0.15, -0.1) is 0 Å². The molecule has 3 nitrogen and oxygen atoms in total. The SMILES string of the molecule is COC(=O)c1cc(CCC=O)c(F)cc1C. The van der Waals surface area contributed by atoms with Crippen LogP contribution in [0.5, 0.6) is 0 Å². The highest BCUT2D eigenvalue weighted by molar-refractivity contribution is 5.91. The van der Waals surface area contributed by atoms with E-state index in [1.807, 2.05) is 0 Å². The first kappa shape index (κ1) is 12.4. The number of hydrogen-bond donors (Lipinski definition) is 0. The lowest BCUT2D eigenvalue weighted by molar-refractivity contribution is -0.107. The number of carbonyl (C=O) groups is 2. The number of hydrogen-bond acceptors (Lipinski definition) is 3. The van der Waals surface area contributed by atoms with Crippen LogP contribution in [0.15, 0.2) is 12.1 Å². The van der Waals surface area contributed by atoms with Crippen molar-refractivity contribution in [2.75, 3.05) is 7.11 Å². The predicted molar refractivity (Wildman–Crippen MR) is 56.9 cm³/mol. The van der Waals surface area contributed by atoms with E-state index in [2.05, 4.69) is 4.74 Å². The molecule has 0 aliphatic heterocycles. The lowest BCUT2D eigenvalue weighted by Crippen LogP contribution is -2.06. The Bertz CT molecular complexity index is 413. The molecule has 86 valence electrons. The van der Waals surface area contributed by atoms with Gasteiger partial charge < -0.3 is 9.53 Å². The van der Waals surface area contributed by atoms with Gasteiger partial charge in [0, 0.05) is 6.42 Å². The summed E-state index contributed by atoms with van der Waals surface area (Å²) in [6.45, 7) is 1.64. The van der Waals surface area contributed by atoms with Gasteiger partial charge in [0.2, 0.25) is 0 Å². The number of methoxy groups -OCH3 is 1. The molecule has 16 heavy (non-hydrogen) atoms. The van der Waals surface area contributed by atoms with E-state index in [-0.39, 0.29) is 6.42 Å². The third kappa shape index (κ3) is 2.66. The van der Waals surface area contributed by atoms with Crippen LogP contribution in [0.2, 0.25) is 0 Å². The minimum atomic E-state index is -0.496. The largest absolute Gasteiger partial charge is 0.465 e. The number of esters is 1. The fraction of sp³-hybridized carbons (Fsp3) is 0.333. The van der Waals surface area contributed by atoms with E-state index in [1.165, 1.54) is 19.2 Å². The summed E-state index contributed by atoms with van der Waals surface area (Å²) in [5, 5.41) is 0. The zero-order valence-electron chi connectivity index (χ0n) is 9.25. The second-order valence-electron chi connectivity index (χ2n) is 3.46. The summed E-state index contributed by atoms with van der Waals surface area (Å²) in [7, 11) is 1.27. The predicted octanol–water partition coefficient (Wildman–Crippen LogP) is 2.05. The molecule has 0 unspecified atom stereocenters. The van der Waals surface area contributed by atoms with Crippen LogP contribution in [0, 0.1) is 12.7 Å². The van der Waals surface area contributed by atoms with Crippen molar-refractivity contribution in [1.82, 2.24) is 0 Å². The first-order chi connectivity index (χ1) is 7.60. The van der Waals surface area contributed by atoms with Crippen LogP contribution in [-0.2, 0) is 16.0 Å². The van der Waals surface area contributed by atoms with E-state index < -0.39 is 11.8 Å². The van der Waals surface area contributed by atoms with Gasteiger partial charge >= 0.3 is 5.97 Å². The maximum atomic E-state index is 13.5. The van der Waals surface area contributed by atoms with Gasteiger partial charge in [-0.3, -0.25) is 0 Å². The van der Waals surface area contributed by atoms with Crippen LogP contribution < -0.4 is 0 Å². The van der Waals surface area contributed by atoms with Gasteiger partial charge in [0.05, 0.1) is 12.7 Å². The highest BCUT2D eigenvalue weighted by Gasteiger charge is 2.13. The van der Waals surface area contributed by atoms with Gasteiger partial charge in [-0.2, -0.15) is 0 Å². The summed E-state index contributed by atoms with van der Waals surface area (Å²) in [6, 6.07) is 2.73. The Hall–Kier alpha value is -1.71. The molecule has 0 spiro atoms. The summed E-state index contributed by atoms with van der Waals surface area (Å²) < 4.78 is 18.0. The van der Waals surface area contributed by atoms with Crippen LogP contribution in [0.25, 0.3) is 0 Å². The van der Waals surface area contributed by atoms with Gasteiger partial charge in [0.15, 0.2) is 0 Å². The lowest BCUT2D eigenvalue weighted by Gasteiger charge is -2.07. The first-order valence-corrected chi connectivity index (χ1v) is 4.91. The summed E-state index contributed by atoms with van der Waals surface area (Å²) >= 11 is 0. The summed E-state index contributed by atoms with van der Waals surface area (Å²) in [5.74, 6) is -0.892. The number of benzene rings is 1. The lowest BCUT2D eigenvalue weighted by atomic mass is 10.0. The minimum Gasteiger partial charge on any atom is -0.465 e. The van der Waals surface area contributed by atoms with E-state index >= 15 is 0 Å². The molecule has 0 bridgehead atoms. The van der Waals surface area contributed by atoms with Crippen molar-refractivity contribution < 1.29 is 18.7 Å². The second kappa shape index (κ2) is 5.39. The topological polar surface area (TPSA) is 43.4 Å². The summed E-state index contributed by atoms with van der Waals surface area (Å²) in [5.41, 5.74) is 1.22. The Kier molecular flexibility index (Phi) is 4.17. The van der Waals surface area contributed by atoms with Gasteiger partial charge in [0.1, 0.15) is 12.1 Å². The molecule has 0 saturated heterocycles. The second-order valence-corrected chi connectivity index (χ2v) is 3.46. The first-order valence-electron chi connectivity index (χ1n) is 4.91. The summed E-state index contributed by atoms with van der Waals surface area (Å²) in [4.78, 5) is 21.6. The van der Waals surface area contributed by atoms with Gasteiger partial charge in [-0.25, -0.2) is 9.18 Å². The number of halogens is 1. The molecule has 4 heteroatoms. The molecule has 0 fully saturated rings. The normalized spacial score (nSPS) is 9.94. The molecule has 0 amide bonds. The molecule has 1 aromatic rings. The third-order valence-electron chi connectivity index (χ3n) is 2.33. The molecule has 0 aromatic heterocycles. The zero-order chi connectivity index (χ0) is 12.1. The molecule has 0 heterocycles. The molecule has 0 aliphatic rings. The standard InChI is InChI=1S/C12H13FO3/c1-8-6-11(13)9(4-3-5-14)7-10(8)12(15)16-2/h5-7H,3-4H2,1-2H3. The van der Waals surface area contributed by atoms with Crippen molar-refractivity contribution >= 4 is 12.3 Å². The van der Waals surface area contributed by atoms with E-state index in [9.17, 15) is 14.0 Å². The Balaban J connectivity index is 3.10. The van der Waals surface area contributed by atoms with E-state index in [0.717, 1.165) is 6.29 Å². The quantitative estimate of drug-likeness (QED) is 0.580. The molecule has 0 aliphatic carbocycles. The highest BCUT2D eigenvalue weighted by atomic mass is 19.1. The molecular weight excluding hydrogens is 211 g/mol. The van der Waals surface area contributed by atoms with Gasteiger partial charge in [-0.05, 0) is 36.6 Å². The fourth-order valence-corrected chi connectivity index (χ4v) is 1.45. The van der Waals surface area contributed by atoms with Crippen molar-refractivity contribution in [3.05, 3.63) is 34.6 Å². The maximum Gasteiger partial charge on any atom is 0.338 e. The van der Waals surface area contributed by atoms with Crippen LogP contribution in [0.1, 0.15) is 27.9 Å². The third-order valence-corrected chi connectivity index (χ3v) is 2.33. The highest BCUT2D eigenvalue weighted by Crippen LogP contribution is 2.17. The fourth-order valence-electron chi connectivity index (χ4n) is 1.45. The minimum absolute atomic E-state index is 0.237. The molecular formula is C12H13FO3. The Morgan fingerprint density at radius 3 is 2.75 bits per heavy atom. The molecule has 0 radical (unpaired) electrons. The molecule has 1 rings (SSSR count). The Labute approximate surface area is 93.2 Å². The summed E-state index contributed by atoms with van der Waals surface area (Å²) in [6.07, 6.45) is 1.25. The average Bonchev–Trinajstić information content (AvgIpc) is 2.27. The average molecular weight is 224 g/mol. The van der Waals surface area contributed by atoms with Gasteiger partial charge in [-0.1, -0.05) is 0 Å². The smallest absolute Gasteiger partial charge is 0.338 e. The Morgan fingerprint density at radius 2 is 2.19 bits per heavy atom. The molecule has 1 aromatic carbocycles. The van der Waals surface area contributed by atoms with Crippen LogP contribution >= 0.6 is 0 Å². The number of carbonyl (C=O) groups excluding carboxylic acids is 2. The van der Waals surface area contributed by atoms with E-state index in [1.54, 1.807) is 6.92 Å². The van der Waals surface area contributed by atoms with Crippen molar-refractivity contribution in [2.24, 2.45) is 0 Å². The van der Waals surface area contributed by atoms with E-state index in [0.29, 0.717) is 23.1 Å². The number of aryl methyl sites for hydroxylation is 2. The maximum absolute atomic E-state index is 13.5. The van der Waals surface area contributed by atoms with Gasteiger partial charge in [0.25, 0.3) is 0 Å². The van der Waals surface area contributed by atoms with Crippen LogP contribution in [-0.4, -0.2) is 19.4 Å². The molecule has 0 saturated carbocycles. The number of aldehydes is 1. The number of ether oxygens (including phenoxy) is 1. The molecule has 0 atom stereocenters. The number of rotatable bonds is 4. The van der Waals surface area contributed by atoms with E-state index in [4.69, 9.17) is 0 Å². The van der Waals surface area contributed by atoms with Crippen molar-refractivity contribution in [2.45, 2.75) is 19.8 Å². The monoisotopic (exact) mass is 224 g/mol. The zero-order valence-corrected chi connectivity index (χ0v) is 9.25. The Morgan fingerprint density at radius 1 is 1.50 bits per heavy atom. The van der Waals surface area contributed by atoms with Crippen LogP contribution in [0.3, 0.4) is 0 Å². The van der Waals surface area contributed by atoms with Crippen LogP contribution in [0.4, 0.5) is 4.39 Å². The van der Waals surface area contributed by atoms with Crippen molar-refractivity contribution in [1.29, 1.82) is 0 Å². The molecule has 0 N–H and O–H groups in total. The van der Waals surface area contributed by atoms with Crippen molar-refractivity contribution in [3.63, 3.8) is 0 Å².